The van der Waals surface area contributed by atoms with Crippen LogP contribution in [0.3, 0.4) is 0 Å². The standard InChI is InChI=1S/C25H29N3O4S/c1-4-5-6-7-16-26-17-22-23(29)27(18-8-12-20(31-2)13-9-18)25(33)28(24(22)30)19-10-14-21(32-3)15-11-19/h8-15,17,29H,4-7,16H2,1-3H3. The fraction of sp³-hybridized carbons (Fsp3) is 0.320. The van der Waals surface area contributed by atoms with Crippen molar-refractivity contribution in [1.82, 2.24) is 9.13 Å². The molecule has 0 radical (unpaired) electrons. The van der Waals surface area contributed by atoms with Gasteiger partial charge in [0.05, 0.1) is 25.6 Å². The quantitative estimate of drug-likeness (QED) is 0.256. The third-order valence-corrected chi connectivity index (χ3v) is 5.66. The van der Waals surface area contributed by atoms with Crippen molar-refractivity contribution in [2.75, 3.05) is 20.8 Å². The summed E-state index contributed by atoms with van der Waals surface area (Å²) in [6, 6.07) is 14.1. The Kier molecular flexibility index (Phi) is 8.43. The predicted molar refractivity (Wildman–Crippen MR) is 134 cm³/mol. The SMILES string of the molecule is CCCCCCN=Cc1c(O)n(-c2ccc(OC)cc2)c(=S)n(-c2ccc(OC)cc2)c1=O. The van der Waals surface area contributed by atoms with Crippen LogP contribution in [-0.4, -0.2) is 41.2 Å². The number of benzene rings is 2. The Morgan fingerprint density at radius 2 is 1.45 bits per heavy atom. The first-order valence-electron chi connectivity index (χ1n) is 10.9. The lowest BCUT2D eigenvalue weighted by atomic mass is 10.2. The van der Waals surface area contributed by atoms with E-state index in [4.69, 9.17) is 21.7 Å². The highest BCUT2D eigenvalue weighted by atomic mass is 32.1. The largest absolute Gasteiger partial charge is 0.497 e. The second-order valence-corrected chi connectivity index (χ2v) is 7.85. The number of nitrogens with zero attached hydrogens (tertiary/aromatic N) is 3. The number of methoxy groups -OCH3 is 2. The Bertz CT molecular complexity index is 1210. The van der Waals surface area contributed by atoms with Crippen molar-refractivity contribution >= 4 is 18.4 Å². The van der Waals surface area contributed by atoms with Gasteiger partial charge in [-0.3, -0.25) is 18.9 Å². The summed E-state index contributed by atoms with van der Waals surface area (Å²) in [4.78, 5) is 17.8. The van der Waals surface area contributed by atoms with Crippen molar-refractivity contribution in [2.45, 2.75) is 32.6 Å². The zero-order chi connectivity index (χ0) is 23.8. The third-order valence-electron chi connectivity index (χ3n) is 5.29. The molecule has 7 nitrogen and oxygen atoms in total. The second-order valence-electron chi connectivity index (χ2n) is 7.49. The van der Waals surface area contributed by atoms with Gasteiger partial charge in [-0.2, -0.15) is 0 Å². The van der Waals surface area contributed by atoms with Crippen LogP contribution in [0.1, 0.15) is 38.2 Å². The fourth-order valence-corrected chi connectivity index (χ4v) is 3.82. The van der Waals surface area contributed by atoms with Crippen molar-refractivity contribution in [2.24, 2.45) is 4.99 Å². The van der Waals surface area contributed by atoms with E-state index in [1.807, 2.05) is 0 Å². The summed E-state index contributed by atoms with van der Waals surface area (Å²) in [6.07, 6.45) is 5.73. The summed E-state index contributed by atoms with van der Waals surface area (Å²) < 4.78 is 13.4. The summed E-state index contributed by atoms with van der Waals surface area (Å²) in [7, 11) is 3.16. The average Bonchev–Trinajstić information content (AvgIpc) is 2.84. The van der Waals surface area contributed by atoms with Gasteiger partial charge >= 0.3 is 0 Å². The molecule has 3 aromatic rings. The molecule has 0 aliphatic heterocycles. The molecule has 0 aliphatic rings. The fourth-order valence-electron chi connectivity index (χ4n) is 3.44. The number of hydrogen-bond donors (Lipinski definition) is 1. The van der Waals surface area contributed by atoms with Crippen LogP contribution in [0.2, 0.25) is 0 Å². The highest BCUT2D eigenvalue weighted by Crippen LogP contribution is 2.24. The van der Waals surface area contributed by atoms with Gasteiger partial charge in [0, 0.05) is 12.8 Å². The lowest BCUT2D eigenvalue weighted by Gasteiger charge is -2.17. The van der Waals surface area contributed by atoms with Crippen LogP contribution in [-0.2, 0) is 0 Å². The van der Waals surface area contributed by atoms with E-state index in [2.05, 4.69) is 11.9 Å². The van der Waals surface area contributed by atoms with E-state index in [-0.39, 0.29) is 16.2 Å². The Labute approximate surface area is 198 Å². The van der Waals surface area contributed by atoms with E-state index in [1.165, 1.54) is 15.3 Å². The Morgan fingerprint density at radius 3 is 1.97 bits per heavy atom. The molecule has 0 bridgehead atoms. The highest BCUT2D eigenvalue weighted by molar-refractivity contribution is 7.71. The van der Waals surface area contributed by atoms with Crippen molar-refractivity contribution in [3.05, 3.63) is 69.2 Å². The lowest BCUT2D eigenvalue weighted by molar-refractivity contribution is 0.414. The molecule has 1 heterocycles. The molecule has 2 aromatic carbocycles. The van der Waals surface area contributed by atoms with E-state index in [0.29, 0.717) is 29.4 Å². The lowest BCUT2D eigenvalue weighted by Crippen LogP contribution is -2.27. The van der Waals surface area contributed by atoms with Crippen molar-refractivity contribution < 1.29 is 14.6 Å². The van der Waals surface area contributed by atoms with Crippen LogP contribution in [0.5, 0.6) is 17.4 Å². The van der Waals surface area contributed by atoms with E-state index < -0.39 is 5.56 Å². The van der Waals surface area contributed by atoms with Crippen LogP contribution in [0.15, 0.2) is 58.3 Å². The number of aliphatic imine (C=N–C) groups is 1. The third kappa shape index (κ3) is 5.51. The minimum Gasteiger partial charge on any atom is -0.497 e. The van der Waals surface area contributed by atoms with Gasteiger partial charge in [0.25, 0.3) is 5.56 Å². The van der Waals surface area contributed by atoms with E-state index >= 15 is 0 Å². The van der Waals surface area contributed by atoms with Gasteiger partial charge in [-0.05, 0) is 67.2 Å². The maximum atomic E-state index is 13.4. The van der Waals surface area contributed by atoms with Crippen molar-refractivity contribution in [1.29, 1.82) is 0 Å². The zero-order valence-electron chi connectivity index (χ0n) is 19.2. The normalized spacial score (nSPS) is 11.1. The molecule has 33 heavy (non-hydrogen) atoms. The molecule has 174 valence electrons. The van der Waals surface area contributed by atoms with Gasteiger partial charge in [-0.1, -0.05) is 26.2 Å². The van der Waals surface area contributed by atoms with Crippen LogP contribution >= 0.6 is 12.2 Å². The van der Waals surface area contributed by atoms with E-state index in [1.54, 1.807) is 62.8 Å². The Hall–Kier alpha value is -3.39. The smallest absolute Gasteiger partial charge is 0.271 e. The van der Waals surface area contributed by atoms with E-state index in [9.17, 15) is 9.90 Å². The number of rotatable bonds is 10. The second kappa shape index (κ2) is 11.5. The van der Waals surface area contributed by atoms with Gasteiger partial charge in [0.1, 0.15) is 17.1 Å². The molecule has 0 spiro atoms. The number of aromatic hydroxyl groups is 1. The molecule has 0 saturated carbocycles. The average molecular weight is 468 g/mol. The van der Waals surface area contributed by atoms with Crippen molar-refractivity contribution in [3.63, 3.8) is 0 Å². The molecule has 0 aliphatic carbocycles. The molecular weight excluding hydrogens is 438 g/mol. The summed E-state index contributed by atoms with van der Waals surface area (Å²) in [5.41, 5.74) is 0.791. The monoisotopic (exact) mass is 467 g/mol. The highest BCUT2D eigenvalue weighted by Gasteiger charge is 2.18. The topological polar surface area (TPSA) is 78.0 Å². The minimum atomic E-state index is -0.440. The molecule has 0 amide bonds. The summed E-state index contributed by atoms with van der Waals surface area (Å²) in [6.45, 7) is 2.73. The zero-order valence-corrected chi connectivity index (χ0v) is 20.0. The predicted octanol–water partition coefficient (Wildman–Crippen LogP) is 5.08. The Morgan fingerprint density at radius 1 is 0.909 bits per heavy atom. The summed E-state index contributed by atoms with van der Waals surface area (Å²) in [5, 5.41) is 11.1. The minimum absolute atomic E-state index is 0.0747. The number of ether oxygens (including phenoxy) is 2. The van der Waals surface area contributed by atoms with Gasteiger partial charge in [-0.25, -0.2) is 0 Å². The first-order valence-corrected chi connectivity index (χ1v) is 11.3. The maximum absolute atomic E-state index is 13.4. The first-order chi connectivity index (χ1) is 16.0. The van der Waals surface area contributed by atoms with Gasteiger partial charge in [0.15, 0.2) is 4.77 Å². The molecule has 3 rings (SSSR count). The van der Waals surface area contributed by atoms with E-state index in [0.717, 1.165) is 25.7 Å². The van der Waals surface area contributed by atoms with Crippen LogP contribution in [0, 0.1) is 4.77 Å². The molecular formula is C25H29N3O4S. The summed E-state index contributed by atoms with van der Waals surface area (Å²) in [5.74, 6) is 1.08. The van der Waals surface area contributed by atoms with Crippen LogP contribution in [0.4, 0.5) is 0 Å². The van der Waals surface area contributed by atoms with Crippen molar-refractivity contribution in [3.8, 4) is 28.8 Å². The van der Waals surface area contributed by atoms with Gasteiger partial charge < -0.3 is 14.6 Å². The summed E-state index contributed by atoms with van der Waals surface area (Å²) >= 11 is 5.66. The van der Waals surface area contributed by atoms with Gasteiger partial charge in [-0.15, -0.1) is 0 Å². The molecule has 0 saturated heterocycles. The van der Waals surface area contributed by atoms with Gasteiger partial charge in [0.2, 0.25) is 5.88 Å². The van der Waals surface area contributed by atoms with Crippen LogP contribution in [0.25, 0.3) is 11.4 Å². The molecule has 1 aromatic heterocycles. The molecule has 8 heteroatoms. The molecule has 0 atom stereocenters. The maximum Gasteiger partial charge on any atom is 0.271 e. The number of unbranched alkanes of at least 4 members (excludes halogenated alkanes) is 3. The molecule has 0 unspecified atom stereocenters. The Balaban J connectivity index is 2.16. The van der Waals surface area contributed by atoms with Crippen LogP contribution < -0.4 is 15.0 Å². The number of hydrogen-bond acceptors (Lipinski definition) is 6. The number of aromatic nitrogens is 2. The molecule has 0 fully saturated rings. The molecule has 1 N–H and O–H groups in total. The first kappa shape index (κ1) is 24.3.